The van der Waals surface area contributed by atoms with Crippen molar-refractivity contribution in [1.29, 1.82) is 0 Å². The molecule has 0 unspecified atom stereocenters. The number of pyridine rings is 1. The summed E-state index contributed by atoms with van der Waals surface area (Å²) in [6.45, 7) is 2.61. The van der Waals surface area contributed by atoms with E-state index < -0.39 is 10.0 Å². The molecule has 0 aliphatic carbocycles. The second kappa shape index (κ2) is 9.45. The number of hydrogen-bond donors (Lipinski definition) is 0. The van der Waals surface area contributed by atoms with E-state index in [-0.39, 0.29) is 42.8 Å². The molecule has 1 amide bonds. The second-order valence-corrected chi connectivity index (χ2v) is 10.9. The number of amides is 1. The zero-order valence-electron chi connectivity index (χ0n) is 19.3. The molecule has 1 saturated heterocycles. The van der Waals surface area contributed by atoms with Crippen LogP contribution in [0.5, 0.6) is 0 Å². The van der Waals surface area contributed by atoms with Gasteiger partial charge in [0.2, 0.25) is 21.5 Å². The fourth-order valence-corrected chi connectivity index (χ4v) is 5.79. The van der Waals surface area contributed by atoms with Crippen LogP contribution >= 0.6 is 11.6 Å². The Morgan fingerprint density at radius 3 is 2.36 bits per heavy atom. The highest BCUT2D eigenvalue weighted by molar-refractivity contribution is 7.89. The van der Waals surface area contributed by atoms with Crippen molar-refractivity contribution in [3.05, 3.63) is 88.7 Å². The molecule has 1 aliphatic heterocycles. The largest absolute Gasteiger partial charge is 0.618 e. The van der Waals surface area contributed by atoms with Crippen LogP contribution in [-0.4, -0.2) is 59.7 Å². The smallest absolute Gasteiger partial charge is 0.291 e. The van der Waals surface area contributed by atoms with Crippen molar-refractivity contribution in [2.75, 3.05) is 26.2 Å². The predicted molar refractivity (Wildman–Crippen MR) is 135 cm³/mol. The molecule has 2 aromatic heterocycles. The molecule has 36 heavy (non-hydrogen) atoms. The van der Waals surface area contributed by atoms with Crippen molar-refractivity contribution >= 4 is 38.3 Å². The maximum atomic E-state index is 13.2. The first-order chi connectivity index (χ1) is 17.2. The summed E-state index contributed by atoms with van der Waals surface area (Å²) in [5.41, 5.74) is 1.81. The molecular formula is C25H22ClN5O4S. The molecule has 0 radical (unpaired) electrons. The molecule has 0 spiro atoms. The van der Waals surface area contributed by atoms with Crippen molar-refractivity contribution in [2.24, 2.45) is 0 Å². The molecule has 1 fully saturated rings. The number of fused-ring (bicyclic) bond motifs is 1. The number of carbonyl (C=O) groups is 1. The van der Waals surface area contributed by atoms with Gasteiger partial charge in [0.1, 0.15) is 0 Å². The van der Waals surface area contributed by atoms with Gasteiger partial charge in [-0.3, -0.25) is 4.79 Å². The van der Waals surface area contributed by atoms with Crippen molar-refractivity contribution in [1.82, 2.24) is 19.2 Å². The number of carbonyl (C=O) groups excluding carboxylic acids is 1. The molecule has 1 aliphatic rings. The van der Waals surface area contributed by atoms with Gasteiger partial charge >= 0.3 is 0 Å². The molecule has 3 heterocycles. The minimum absolute atomic E-state index is 0.00616. The summed E-state index contributed by atoms with van der Waals surface area (Å²) in [6.07, 6.45) is 4.29. The summed E-state index contributed by atoms with van der Waals surface area (Å²) >= 11 is 6.02. The number of rotatable bonds is 4. The van der Waals surface area contributed by atoms with E-state index in [4.69, 9.17) is 11.6 Å². The maximum absolute atomic E-state index is 13.2. The fraction of sp³-hybridized carbons (Fsp3) is 0.200. The first-order valence-electron chi connectivity index (χ1n) is 11.2. The number of nitrogens with zero attached hydrogens (tertiary/aromatic N) is 5. The van der Waals surface area contributed by atoms with Crippen LogP contribution in [-0.2, 0) is 10.0 Å². The van der Waals surface area contributed by atoms with Crippen LogP contribution in [0.2, 0.25) is 5.02 Å². The fourth-order valence-electron chi connectivity index (χ4n) is 4.15. The highest BCUT2D eigenvalue weighted by Gasteiger charge is 2.31. The van der Waals surface area contributed by atoms with Gasteiger partial charge in [0.15, 0.2) is 6.20 Å². The number of aryl methyl sites for hydroxylation is 1. The van der Waals surface area contributed by atoms with Crippen molar-refractivity contribution in [2.45, 2.75) is 11.8 Å². The van der Waals surface area contributed by atoms with Gasteiger partial charge in [0.05, 0.1) is 10.5 Å². The number of sulfonamides is 1. The van der Waals surface area contributed by atoms with E-state index in [1.54, 1.807) is 48.5 Å². The van der Waals surface area contributed by atoms with Crippen molar-refractivity contribution < 1.29 is 17.9 Å². The third-order valence-electron chi connectivity index (χ3n) is 6.15. The average Bonchev–Trinajstić information content (AvgIpc) is 2.89. The van der Waals surface area contributed by atoms with Gasteiger partial charge in [0, 0.05) is 55.7 Å². The van der Waals surface area contributed by atoms with Crippen molar-refractivity contribution in [3.8, 4) is 11.3 Å². The predicted octanol–water partition coefficient (Wildman–Crippen LogP) is 3.04. The molecule has 184 valence electrons. The first-order valence-corrected chi connectivity index (χ1v) is 13.1. The summed E-state index contributed by atoms with van der Waals surface area (Å²) in [7, 11) is -3.72. The first kappa shape index (κ1) is 24.1. The molecular weight excluding hydrogens is 502 g/mol. The van der Waals surface area contributed by atoms with Crippen LogP contribution in [0.25, 0.3) is 22.0 Å². The maximum Gasteiger partial charge on any atom is 0.291 e. The third kappa shape index (κ3) is 4.62. The summed E-state index contributed by atoms with van der Waals surface area (Å²) in [5.74, 6) is -0.395. The summed E-state index contributed by atoms with van der Waals surface area (Å²) in [4.78, 5) is 23.0. The number of halogens is 1. The van der Waals surface area contributed by atoms with Gasteiger partial charge in [-0.1, -0.05) is 23.7 Å². The highest BCUT2D eigenvalue weighted by Crippen LogP contribution is 2.25. The Morgan fingerprint density at radius 1 is 0.972 bits per heavy atom. The molecule has 0 bridgehead atoms. The van der Waals surface area contributed by atoms with Gasteiger partial charge < -0.3 is 10.1 Å². The second-order valence-electron chi connectivity index (χ2n) is 8.56. The molecule has 0 N–H and O–H groups in total. The summed E-state index contributed by atoms with van der Waals surface area (Å²) in [6, 6.07) is 13.6. The Bertz CT molecular complexity index is 1570. The number of aromatic nitrogens is 3. The quantitative estimate of drug-likeness (QED) is 0.300. The highest BCUT2D eigenvalue weighted by atomic mass is 35.5. The molecule has 4 aromatic rings. The Labute approximate surface area is 213 Å². The van der Waals surface area contributed by atoms with Crippen LogP contribution < -0.4 is 4.73 Å². The van der Waals surface area contributed by atoms with E-state index in [9.17, 15) is 18.4 Å². The van der Waals surface area contributed by atoms with E-state index in [0.29, 0.717) is 16.3 Å². The van der Waals surface area contributed by atoms with Crippen LogP contribution in [0.15, 0.2) is 72.0 Å². The van der Waals surface area contributed by atoms with Crippen LogP contribution in [0.3, 0.4) is 0 Å². The lowest BCUT2D eigenvalue weighted by molar-refractivity contribution is -0.593. The minimum Gasteiger partial charge on any atom is -0.618 e. The lowest BCUT2D eigenvalue weighted by Crippen LogP contribution is -2.50. The third-order valence-corrected chi connectivity index (χ3v) is 8.28. The van der Waals surface area contributed by atoms with Gasteiger partial charge in [0.25, 0.3) is 5.91 Å². The standard InChI is InChI=1S/C25H22ClN5O4S/c1-17-6-7-31(33)23(12-17)20-15-27-24(28-16-20)25(32)29-8-10-30(11-9-29)36(34,35)22-5-3-18-13-21(26)4-2-19(18)14-22/h2-7,12-16H,8-11H2,1H3. The van der Waals surface area contributed by atoms with E-state index >= 15 is 0 Å². The Balaban J connectivity index is 1.27. The SMILES string of the molecule is Cc1cc[n+]([O-])c(-c2cnc(C(=O)N3CCN(S(=O)(=O)c4ccc5cc(Cl)ccc5c4)CC3)nc2)c1. The zero-order chi connectivity index (χ0) is 25.4. The van der Waals surface area contributed by atoms with E-state index in [2.05, 4.69) is 9.97 Å². The minimum atomic E-state index is -3.72. The normalized spacial score (nSPS) is 14.8. The van der Waals surface area contributed by atoms with Crippen LogP contribution in [0, 0.1) is 12.1 Å². The molecule has 0 atom stereocenters. The summed E-state index contributed by atoms with van der Waals surface area (Å²) < 4.78 is 28.5. The zero-order valence-corrected chi connectivity index (χ0v) is 20.9. The average molecular weight is 524 g/mol. The lowest BCUT2D eigenvalue weighted by atomic mass is 10.1. The van der Waals surface area contributed by atoms with E-state index in [1.165, 1.54) is 27.8 Å². The van der Waals surface area contributed by atoms with Crippen LogP contribution in [0.1, 0.15) is 16.2 Å². The Kier molecular flexibility index (Phi) is 6.33. The van der Waals surface area contributed by atoms with Gasteiger partial charge in [-0.05, 0) is 47.5 Å². The molecule has 0 saturated carbocycles. The van der Waals surface area contributed by atoms with E-state index in [1.807, 2.05) is 6.92 Å². The molecule has 2 aromatic carbocycles. The Morgan fingerprint density at radius 2 is 1.64 bits per heavy atom. The van der Waals surface area contributed by atoms with Crippen LogP contribution in [0.4, 0.5) is 0 Å². The van der Waals surface area contributed by atoms with Gasteiger partial charge in [-0.25, -0.2) is 18.4 Å². The lowest BCUT2D eigenvalue weighted by Gasteiger charge is -2.33. The monoisotopic (exact) mass is 523 g/mol. The summed E-state index contributed by atoms with van der Waals surface area (Å²) in [5, 5.41) is 14.3. The number of benzene rings is 2. The molecule has 9 nitrogen and oxygen atoms in total. The molecule has 5 rings (SSSR count). The van der Waals surface area contributed by atoms with Crippen molar-refractivity contribution in [3.63, 3.8) is 0 Å². The van der Waals surface area contributed by atoms with Gasteiger partial charge in [-0.15, -0.1) is 0 Å². The Hall–Kier alpha value is -3.60. The topological polar surface area (TPSA) is 110 Å². The molecule has 11 heteroatoms. The van der Waals surface area contributed by atoms with E-state index in [0.717, 1.165) is 21.1 Å². The van der Waals surface area contributed by atoms with Gasteiger partial charge in [-0.2, -0.15) is 9.04 Å². The number of hydrogen-bond acceptors (Lipinski definition) is 6. The number of piperazine rings is 1.